The molecular weight excluding hydrogens is 844 g/mol. The molecule has 14 rings (SSSR count). The second kappa shape index (κ2) is 15.4. The normalized spacial score (nSPS) is 11.8. The maximum absolute atomic E-state index is 14.3. The van der Waals surface area contributed by atoms with Crippen molar-refractivity contribution in [2.24, 2.45) is 0 Å². The molecule has 0 fully saturated rings. The van der Waals surface area contributed by atoms with Crippen LogP contribution in [0.15, 0.2) is 237 Å². The highest BCUT2D eigenvalue weighted by molar-refractivity contribution is 6.25. The minimum atomic E-state index is -0.294. The van der Waals surface area contributed by atoms with Gasteiger partial charge in [-0.25, -0.2) is 14.4 Å². The van der Waals surface area contributed by atoms with Crippen molar-refractivity contribution >= 4 is 75.9 Å². The van der Waals surface area contributed by atoms with Gasteiger partial charge in [0.15, 0.2) is 0 Å². The van der Waals surface area contributed by atoms with Crippen molar-refractivity contribution in [1.82, 2.24) is 19.1 Å². The molecule has 0 N–H and O–H groups in total. The molecule has 11 aromatic carbocycles. The zero-order chi connectivity index (χ0) is 45.6. The van der Waals surface area contributed by atoms with Crippen LogP contribution in [0.3, 0.4) is 0 Å². The van der Waals surface area contributed by atoms with E-state index in [1.54, 1.807) is 12.1 Å². The van der Waals surface area contributed by atoms with E-state index in [2.05, 4.69) is 215 Å². The summed E-state index contributed by atoms with van der Waals surface area (Å²) < 4.78 is 18.9. The zero-order valence-electron chi connectivity index (χ0n) is 37.2. The molecular formula is C64H39FN4. The minimum Gasteiger partial charge on any atom is -0.309 e. The fourth-order valence-corrected chi connectivity index (χ4v) is 10.7. The molecule has 3 heterocycles. The summed E-state index contributed by atoms with van der Waals surface area (Å²) in [7, 11) is 0. The van der Waals surface area contributed by atoms with Gasteiger partial charge in [0.25, 0.3) is 0 Å². The lowest BCUT2D eigenvalue weighted by atomic mass is 9.92. The standard InChI is InChI=1S/C64H39FN4/c65-46-31-26-42(27-32-46)59-39-58(41-24-22-40(23-25-41)43-28-33-52-50-16-5-4-14-48(50)49-15-6-7-17-51(49)55(52)36-43)66-64(67-59)69-61-21-11-9-19-54(61)57-38-45(30-35-63(57)69)44-29-34-62-56(37-44)53-18-8-10-20-60(53)68(62)47-12-2-1-3-13-47/h1-39H. The second-order valence-electron chi connectivity index (χ2n) is 17.9. The molecule has 0 aliphatic carbocycles. The molecule has 0 amide bonds. The van der Waals surface area contributed by atoms with E-state index >= 15 is 0 Å². The van der Waals surface area contributed by atoms with Crippen molar-refractivity contribution in [2.75, 3.05) is 0 Å². The fraction of sp³-hybridized carbons (Fsp3) is 0. The molecule has 0 bridgehead atoms. The van der Waals surface area contributed by atoms with Crippen LogP contribution in [0.5, 0.6) is 0 Å². The van der Waals surface area contributed by atoms with Crippen LogP contribution >= 0.6 is 0 Å². The summed E-state index contributed by atoms with van der Waals surface area (Å²) in [4.78, 5) is 10.6. The van der Waals surface area contributed by atoms with E-state index in [0.717, 1.165) is 66.6 Å². The number of hydrogen-bond acceptors (Lipinski definition) is 2. The molecule has 0 spiro atoms. The maximum atomic E-state index is 14.3. The summed E-state index contributed by atoms with van der Waals surface area (Å²) in [5, 5.41) is 12.2. The van der Waals surface area contributed by atoms with E-state index in [4.69, 9.17) is 9.97 Å². The van der Waals surface area contributed by atoms with Crippen molar-refractivity contribution in [3.8, 4) is 56.4 Å². The van der Waals surface area contributed by atoms with Gasteiger partial charge in [-0.2, -0.15) is 0 Å². The van der Waals surface area contributed by atoms with Gasteiger partial charge < -0.3 is 4.57 Å². The van der Waals surface area contributed by atoms with Crippen molar-refractivity contribution in [3.63, 3.8) is 0 Å². The third-order valence-corrected chi connectivity index (χ3v) is 14.0. The Morgan fingerprint density at radius 2 is 0.638 bits per heavy atom. The zero-order valence-corrected chi connectivity index (χ0v) is 37.2. The quantitative estimate of drug-likeness (QED) is 0.156. The monoisotopic (exact) mass is 882 g/mol. The van der Waals surface area contributed by atoms with Gasteiger partial charge in [-0.15, -0.1) is 0 Å². The number of para-hydroxylation sites is 3. The Kier molecular flexibility index (Phi) is 8.73. The molecule has 0 aliphatic heterocycles. The van der Waals surface area contributed by atoms with Crippen molar-refractivity contribution in [1.29, 1.82) is 0 Å². The molecule has 0 aliphatic rings. The Morgan fingerprint density at radius 1 is 0.261 bits per heavy atom. The van der Waals surface area contributed by atoms with Gasteiger partial charge in [0.05, 0.1) is 33.5 Å². The number of fused-ring (bicyclic) bond motifs is 12. The Labute approximate surface area is 396 Å². The number of rotatable bonds is 6. The molecule has 0 atom stereocenters. The van der Waals surface area contributed by atoms with Gasteiger partial charge in [0.2, 0.25) is 5.95 Å². The van der Waals surface area contributed by atoms with E-state index in [-0.39, 0.29) is 5.82 Å². The average Bonchev–Trinajstić information content (AvgIpc) is 3.93. The number of hydrogen-bond donors (Lipinski definition) is 0. The van der Waals surface area contributed by atoms with Gasteiger partial charge in [-0.05, 0) is 140 Å². The Hall–Kier alpha value is -9.19. The third kappa shape index (κ3) is 6.28. The van der Waals surface area contributed by atoms with Gasteiger partial charge >= 0.3 is 0 Å². The average molecular weight is 883 g/mol. The summed E-state index contributed by atoms with van der Waals surface area (Å²) in [5.41, 5.74) is 13.3. The summed E-state index contributed by atoms with van der Waals surface area (Å²) in [6.45, 7) is 0. The Bertz CT molecular complexity index is 4320. The highest BCUT2D eigenvalue weighted by Crippen LogP contribution is 2.40. The number of halogens is 1. The Balaban J connectivity index is 0.893. The van der Waals surface area contributed by atoms with Crippen LogP contribution in [0.25, 0.3) is 132 Å². The lowest BCUT2D eigenvalue weighted by molar-refractivity contribution is 0.628. The molecule has 14 aromatic rings. The van der Waals surface area contributed by atoms with E-state index in [0.29, 0.717) is 11.6 Å². The predicted octanol–water partition coefficient (Wildman–Crippen LogP) is 16.9. The smallest absolute Gasteiger partial charge is 0.235 e. The Morgan fingerprint density at radius 3 is 1.22 bits per heavy atom. The first-order chi connectivity index (χ1) is 34.1. The first-order valence-corrected chi connectivity index (χ1v) is 23.3. The van der Waals surface area contributed by atoms with Crippen LogP contribution in [0.1, 0.15) is 0 Å². The molecule has 0 radical (unpaired) electrons. The third-order valence-electron chi connectivity index (χ3n) is 14.0. The highest BCUT2D eigenvalue weighted by Gasteiger charge is 2.19. The van der Waals surface area contributed by atoms with Crippen LogP contribution in [-0.4, -0.2) is 19.1 Å². The summed E-state index contributed by atoms with van der Waals surface area (Å²) in [5.74, 6) is 0.247. The van der Waals surface area contributed by atoms with Crippen LogP contribution in [0.4, 0.5) is 4.39 Å². The van der Waals surface area contributed by atoms with Gasteiger partial charge in [-0.3, -0.25) is 4.57 Å². The van der Waals surface area contributed by atoms with Gasteiger partial charge in [0.1, 0.15) is 5.82 Å². The van der Waals surface area contributed by atoms with Crippen molar-refractivity contribution < 1.29 is 4.39 Å². The first kappa shape index (κ1) is 39.0. The lowest BCUT2D eigenvalue weighted by Gasteiger charge is -2.13. The summed E-state index contributed by atoms with van der Waals surface area (Å²) >= 11 is 0. The maximum Gasteiger partial charge on any atom is 0.235 e. The summed E-state index contributed by atoms with van der Waals surface area (Å²) in [6.07, 6.45) is 0. The highest BCUT2D eigenvalue weighted by atomic mass is 19.1. The van der Waals surface area contributed by atoms with Crippen LogP contribution in [0.2, 0.25) is 0 Å². The first-order valence-electron chi connectivity index (χ1n) is 23.3. The number of nitrogens with zero attached hydrogens (tertiary/aromatic N) is 4. The molecule has 322 valence electrons. The van der Waals surface area contributed by atoms with Crippen LogP contribution in [0, 0.1) is 5.82 Å². The molecule has 5 heteroatoms. The fourth-order valence-electron chi connectivity index (χ4n) is 10.7. The van der Waals surface area contributed by atoms with Crippen LogP contribution < -0.4 is 0 Å². The minimum absolute atomic E-state index is 0.294. The molecule has 0 saturated carbocycles. The van der Waals surface area contributed by atoms with Crippen molar-refractivity contribution in [2.45, 2.75) is 0 Å². The van der Waals surface area contributed by atoms with Crippen molar-refractivity contribution in [3.05, 3.63) is 242 Å². The summed E-state index contributed by atoms with van der Waals surface area (Å²) in [6, 6.07) is 82.6. The van der Waals surface area contributed by atoms with Crippen LogP contribution in [-0.2, 0) is 0 Å². The second-order valence-corrected chi connectivity index (χ2v) is 17.9. The molecule has 3 aromatic heterocycles. The largest absolute Gasteiger partial charge is 0.309 e. The topological polar surface area (TPSA) is 35.6 Å². The van der Waals surface area contributed by atoms with E-state index < -0.39 is 0 Å². The molecule has 0 saturated heterocycles. The van der Waals surface area contributed by atoms with Gasteiger partial charge in [-0.1, -0.05) is 152 Å². The lowest BCUT2D eigenvalue weighted by Crippen LogP contribution is -2.04. The molecule has 0 unspecified atom stereocenters. The number of benzene rings is 11. The predicted molar refractivity (Wildman–Crippen MR) is 285 cm³/mol. The van der Waals surface area contributed by atoms with E-state index in [9.17, 15) is 4.39 Å². The molecule has 69 heavy (non-hydrogen) atoms. The van der Waals surface area contributed by atoms with E-state index in [1.165, 1.54) is 66.3 Å². The SMILES string of the molecule is Fc1ccc(-c2cc(-c3ccc(-c4ccc5c6ccccc6c6ccccc6c5c4)cc3)nc(-n3c4ccccc4c4cc(-c5ccc6c(c5)c5ccccc5n6-c5ccccc5)ccc43)n2)cc1. The van der Waals surface area contributed by atoms with Gasteiger partial charge in [0, 0.05) is 38.4 Å². The molecule has 4 nitrogen and oxygen atoms in total. The van der Waals surface area contributed by atoms with E-state index in [1.807, 2.05) is 6.07 Å². The number of aromatic nitrogens is 4.